The molecule has 0 unspecified atom stereocenters. The van der Waals surface area contributed by atoms with Crippen LogP contribution < -0.4 is 5.43 Å². The molecule has 28 heavy (non-hydrogen) atoms. The van der Waals surface area contributed by atoms with Gasteiger partial charge in [-0.15, -0.1) is 0 Å². The maximum atomic E-state index is 12.9. The first-order valence-electron chi connectivity index (χ1n) is 8.24. The third-order valence-electron chi connectivity index (χ3n) is 3.90. The van der Waals surface area contributed by atoms with Crippen molar-refractivity contribution in [3.05, 3.63) is 89.5 Å². The molecule has 1 N–H and O–H groups in total. The average molecular weight is 389 g/mol. The Morgan fingerprint density at radius 3 is 2.54 bits per heavy atom. The molecule has 0 atom stereocenters. The van der Waals surface area contributed by atoms with Gasteiger partial charge < -0.3 is 4.57 Å². The number of rotatable bonds is 5. The largest absolute Gasteiger partial charge is 0.416 e. The second-order valence-electron chi connectivity index (χ2n) is 5.95. The number of amides is 1. The minimum Gasteiger partial charge on any atom is -0.316 e. The van der Waals surface area contributed by atoms with Crippen LogP contribution in [0.5, 0.6) is 0 Å². The number of hydrogen-bond acceptors (Lipinski definition) is 2. The number of aromatic nitrogens is 1. The number of carbonyl (C=O) groups is 1. The molecule has 0 saturated heterocycles. The predicted octanol–water partition coefficient (Wildman–Crippen LogP) is 4.33. The zero-order chi connectivity index (χ0) is 20.1. The number of hydrazone groups is 1. The van der Waals surface area contributed by atoms with Crippen LogP contribution in [-0.4, -0.2) is 16.7 Å². The minimum absolute atomic E-state index is 0.0201. The second-order valence-corrected chi connectivity index (χ2v) is 5.95. The molecule has 8 heteroatoms. The lowest BCUT2D eigenvalue weighted by Gasteiger charge is -2.11. The van der Waals surface area contributed by atoms with Gasteiger partial charge in [0, 0.05) is 11.9 Å². The first-order chi connectivity index (χ1) is 13.3. The summed E-state index contributed by atoms with van der Waals surface area (Å²) in [7, 11) is 0. The summed E-state index contributed by atoms with van der Waals surface area (Å²) in [6, 6.07) is 13.7. The number of nitrogens with one attached hydrogen (secondary N) is 1. The van der Waals surface area contributed by atoms with E-state index in [2.05, 4.69) is 10.5 Å². The van der Waals surface area contributed by atoms with Crippen molar-refractivity contribution in [1.29, 1.82) is 0 Å². The normalized spacial score (nSPS) is 11.7. The van der Waals surface area contributed by atoms with Crippen LogP contribution in [0.1, 0.15) is 16.8 Å². The van der Waals surface area contributed by atoms with E-state index >= 15 is 0 Å². The van der Waals surface area contributed by atoms with Gasteiger partial charge in [0.15, 0.2) is 0 Å². The smallest absolute Gasteiger partial charge is 0.316 e. The Kier molecular flexibility index (Phi) is 5.58. The van der Waals surface area contributed by atoms with E-state index in [9.17, 15) is 22.4 Å². The molecule has 1 aromatic heterocycles. The molecule has 0 saturated carbocycles. The topological polar surface area (TPSA) is 46.4 Å². The number of halogens is 4. The molecule has 0 spiro atoms. The molecule has 3 rings (SSSR count). The van der Waals surface area contributed by atoms with Crippen LogP contribution in [0.2, 0.25) is 0 Å². The molecule has 4 nitrogen and oxygen atoms in total. The van der Waals surface area contributed by atoms with Gasteiger partial charge in [-0.1, -0.05) is 18.2 Å². The van der Waals surface area contributed by atoms with Gasteiger partial charge in [0.1, 0.15) is 5.82 Å². The first-order valence-corrected chi connectivity index (χ1v) is 8.24. The fourth-order valence-electron chi connectivity index (χ4n) is 2.56. The summed E-state index contributed by atoms with van der Waals surface area (Å²) in [6.45, 7) is 0. The highest BCUT2D eigenvalue weighted by atomic mass is 19.4. The third kappa shape index (κ3) is 4.85. The minimum atomic E-state index is -4.44. The molecular weight excluding hydrogens is 374 g/mol. The molecule has 0 fully saturated rings. The van der Waals surface area contributed by atoms with Crippen molar-refractivity contribution in [2.24, 2.45) is 5.10 Å². The van der Waals surface area contributed by atoms with E-state index in [4.69, 9.17) is 0 Å². The fraction of sp³-hybridized carbons (Fsp3) is 0.100. The zero-order valence-electron chi connectivity index (χ0n) is 14.4. The lowest BCUT2D eigenvalue weighted by atomic mass is 10.1. The summed E-state index contributed by atoms with van der Waals surface area (Å²) >= 11 is 0. The van der Waals surface area contributed by atoms with Crippen LogP contribution in [0, 0.1) is 5.82 Å². The summed E-state index contributed by atoms with van der Waals surface area (Å²) in [4.78, 5) is 11.9. The van der Waals surface area contributed by atoms with Gasteiger partial charge in [-0.3, -0.25) is 4.79 Å². The number of carbonyl (C=O) groups excluding carboxylic acids is 1. The van der Waals surface area contributed by atoms with E-state index in [-0.39, 0.29) is 6.42 Å². The molecular formula is C20H15F4N3O. The van der Waals surface area contributed by atoms with E-state index in [0.717, 1.165) is 12.1 Å². The lowest BCUT2D eigenvalue weighted by molar-refractivity contribution is -0.137. The van der Waals surface area contributed by atoms with Crippen LogP contribution in [0.4, 0.5) is 17.6 Å². The Morgan fingerprint density at radius 1 is 1.07 bits per heavy atom. The van der Waals surface area contributed by atoms with E-state index in [1.54, 1.807) is 24.4 Å². The summed E-state index contributed by atoms with van der Waals surface area (Å²) in [6.07, 6.45) is -1.49. The van der Waals surface area contributed by atoms with Crippen molar-refractivity contribution in [2.75, 3.05) is 0 Å². The van der Waals surface area contributed by atoms with Crippen molar-refractivity contribution in [3.63, 3.8) is 0 Å². The van der Waals surface area contributed by atoms with Crippen molar-refractivity contribution >= 4 is 12.1 Å². The summed E-state index contributed by atoms with van der Waals surface area (Å²) in [5.41, 5.74) is 3.02. The molecule has 0 aliphatic carbocycles. The van der Waals surface area contributed by atoms with Gasteiger partial charge >= 0.3 is 6.18 Å². The molecule has 0 radical (unpaired) electrons. The molecule has 1 heterocycles. The van der Waals surface area contributed by atoms with Crippen LogP contribution in [0.3, 0.4) is 0 Å². The Morgan fingerprint density at radius 2 is 1.82 bits per heavy atom. The average Bonchev–Trinajstić information content (AvgIpc) is 3.12. The molecule has 0 aliphatic heterocycles. The van der Waals surface area contributed by atoms with Crippen molar-refractivity contribution in [2.45, 2.75) is 12.6 Å². The quantitative estimate of drug-likeness (QED) is 0.394. The van der Waals surface area contributed by atoms with Crippen LogP contribution in [0.25, 0.3) is 5.69 Å². The van der Waals surface area contributed by atoms with Crippen molar-refractivity contribution in [1.82, 2.24) is 9.99 Å². The Hall–Kier alpha value is -3.42. The third-order valence-corrected chi connectivity index (χ3v) is 3.90. The summed E-state index contributed by atoms with van der Waals surface area (Å²) in [5, 5.41) is 3.84. The fourth-order valence-corrected chi connectivity index (χ4v) is 2.56. The molecule has 0 bridgehead atoms. The van der Waals surface area contributed by atoms with E-state index in [1.807, 2.05) is 0 Å². The van der Waals surface area contributed by atoms with Crippen LogP contribution in [0.15, 0.2) is 72.0 Å². The SMILES string of the molecule is O=C(Cc1ccc(F)cc1)N/N=C/c1cccn1-c1cccc(C(F)(F)F)c1. The molecule has 2 aromatic carbocycles. The molecule has 0 aliphatic rings. The second kappa shape index (κ2) is 8.08. The number of hydrogen-bond donors (Lipinski definition) is 1. The number of alkyl halides is 3. The molecule has 1 amide bonds. The van der Waals surface area contributed by atoms with E-state index in [0.29, 0.717) is 16.9 Å². The van der Waals surface area contributed by atoms with Crippen LogP contribution in [-0.2, 0) is 17.4 Å². The van der Waals surface area contributed by atoms with Gasteiger partial charge in [-0.2, -0.15) is 18.3 Å². The van der Waals surface area contributed by atoms with Gasteiger partial charge in [-0.25, -0.2) is 9.82 Å². The first kappa shape index (κ1) is 19.3. The number of benzene rings is 2. The van der Waals surface area contributed by atoms with Gasteiger partial charge in [0.25, 0.3) is 0 Å². The monoisotopic (exact) mass is 389 g/mol. The van der Waals surface area contributed by atoms with E-state index in [1.165, 1.54) is 41.1 Å². The summed E-state index contributed by atoms with van der Waals surface area (Å²) in [5.74, 6) is -0.794. The molecule has 3 aromatic rings. The maximum absolute atomic E-state index is 12.9. The Balaban J connectivity index is 1.69. The highest BCUT2D eigenvalue weighted by Gasteiger charge is 2.30. The van der Waals surface area contributed by atoms with E-state index < -0.39 is 23.5 Å². The molecule has 144 valence electrons. The summed E-state index contributed by atoms with van der Waals surface area (Å²) < 4.78 is 53.1. The standard InChI is InChI=1S/C20H15F4N3O/c21-16-8-6-14(7-9-16)11-19(28)26-25-13-18-5-2-10-27(18)17-4-1-3-15(12-17)20(22,23)24/h1-10,12-13H,11H2,(H,26,28)/b25-13+. The lowest BCUT2D eigenvalue weighted by Crippen LogP contribution is -2.20. The number of nitrogens with zero attached hydrogens (tertiary/aromatic N) is 2. The van der Waals surface area contributed by atoms with Crippen molar-refractivity contribution < 1.29 is 22.4 Å². The predicted molar refractivity (Wildman–Crippen MR) is 96.6 cm³/mol. The van der Waals surface area contributed by atoms with Crippen molar-refractivity contribution in [3.8, 4) is 5.69 Å². The highest BCUT2D eigenvalue weighted by molar-refractivity contribution is 5.82. The highest BCUT2D eigenvalue weighted by Crippen LogP contribution is 2.30. The Labute approximate surface area is 158 Å². The Bertz CT molecular complexity index is 991. The van der Waals surface area contributed by atoms with Gasteiger partial charge in [0.2, 0.25) is 5.91 Å². The maximum Gasteiger partial charge on any atom is 0.416 e. The van der Waals surface area contributed by atoms with Crippen LogP contribution >= 0.6 is 0 Å². The zero-order valence-corrected chi connectivity index (χ0v) is 14.4. The van der Waals surface area contributed by atoms with Gasteiger partial charge in [0.05, 0.1) is 23.9 Å². The van der Waals surface area contributed by atoms with Gasteiger partial charge in [-0.05, 0) is 48.0 Å².